The fourth-order valence-corrected chi connectivity index (χ4v) is 0.765. The zero-order valence-electron chi connectivity index (χ0n) is 7.86. The van der Waals surface area contributed by atoms with Gasteiger partial charge in [-0.3, -0.25) is 5.32 Å². The van der Waals surface area contributed by atoms with Crippen molar-refractivity contribution in [3.05, 3.63) is 0 Å². The topological polar surface area (TPSA) is 21.3 Å². The molecule has 0 atom stereocenters. The zero-order chi connectivity index (χ0) is 8.36. The van der Waals surface area contributed by atoms with Crippen LogP contribution in [0.25, 0.3) is 0 Å². The molecule has 0 unspecified atom stereocenters. The van der Waals surface area contributed by atoms with Crippen LogP contribution in [0.4, 0.5) is 0 Å². The number of unbranched alkanes of at least 4 members (excludes halogenated alkanes) is 2. The van der Waals surface area contributed by atoms with E-state index in [4.69, 9.17) is 4.74 Å². The molecule has 0 bridgehead atoms. The summed E-state index contributed by atoms with van der Waals surface area (Å²) in [4.78, 5) is 0. The van der Waals surface area contributed by atoms with Crippen LogP contribution in [0.5, 0.6) is 0 Å². The highest BCUT2D eigenvalue weighted by Gasteiger charge is 1.86. The van der Waals surface area contributed by atoms with Crippen LogP contribution in [0.3, 0.4) is 0 Å². The van der Waals surface area contributed by atoms with Crippen molar-refractivity contribution < 1.29 is 4.74 Å². The lowest BCUT2D eigenvalue weighted by molar-refractivity contribution is 0.114. The monoisotopic (exact) mass is 159 g/mol. The minimum atomic E-state index is 0.722. The fraction of sp³-hybridized carbons (Fsp3) is 1.00. The first-order valence-electron chi connectivity index (χ1n) is 4.70. The lowest BCUT2D eigenvalue weighted by Gasteiger charge is -2.04. The third kappa shape index (κ3) is 9.92. The van der Waals surface area contributed by atoms with Gasteiger partial charge < -0.3 is 4.74 Å². The van der Waals surface area contributed by atoms with Crippen molar-refractivity contribution in [2.45, 2.75) is 39.5 Å². The van der Waals surface area contributed by atoms with Gasteiger partial charge in [-0.1, -0.05) is 26.7 Å². The fourth-order valence-electron chi connectivity index (χ4n) is 0.765. The molecule has 0 aliphatic heterocycles. The molecule has 0 heterocycles. The van der Waals surface area contributed by atoms with Crippen molar-refractivity contribution in [1.82, 2.24) is 5.32 Å². The maximum atomic E-state index is 5.31. The number of ether oxygens (including phenoxy) is 1. The summed E-state index contributed by atoms with van der Waals surface area (Å²) in [5.74, 6) is 0. The van der Waals surface area contributed by atoms with E-state index in [0.717, 1.165) is 19.9 Å². The molecule has 0 spiro atoms. The van der Waals surface area contributed by atoms with Crippen molar-refractivity contribution in [3.63, 3.8) is 0 Å². The summed E-state index contributed by atoms with van der Waals surface area (Å²) in [7, 11) is 0. The average Bonchev–Trinajstić information content (AvgIpc) is 2.03. The Kier molecular flexibility index (Phi) is 9.85. The van der Waals surface area contributed by atoms with Crippen molar-refractivity contribution in [2.24, 2.45) is 0 Å². The van der Waals surface area contributed by atoms with E-state index in [0.29, 0.717) is 0 Å². The van der Waals surface area contributed by atoms with Gasteiger partial charge in [0.25, 0.3) is 0 Å². The molecule has 0 aromatic carbocycles. The summed E-state index contributed by atoms with van der Waals surface area (Å²) in [6.07, 6.45) is 4.89. The highest BCUT2D eigenvalue weighted by Crippen LogP contribution is 1.86. The number of hydrogen-bond donors (Lipinski definition) is 1. The van der Waals surface area contributed by atoms with E-state index in [2.05, 4.69) is 19.2 Å². The smallest absolute Gasteiger partial charge is 0.0965 e. The average molecular weight is 159 g/mol. The maximum Gasteiger partial charge on any atom is 0.0965 e. The third-order valence-corrected chi connectivity index (χ3v) is 1.55. The summed E-state index contributed by atoms with van der Waals surface area (Å²) in [5, 5.41) is 3.22. The lowest BCUT2D eigenvalue weighted by Crippen LogP contribution is -2.19. The molecule has 2 heteroatoms. The third-order valence-electron chi connectivity index (χ3n) is 1.55. The van der Waals surface area contributed by atoms with E-state index in [1.54, 1.807) is 0 Å². The van der Waals surface area contributed by atoms with Crippen LogP contribution in [0.15, 0.2) is 0 Å². The van der Waals surface area contributed by atoms with E-state index < -0.39 is 0 Å². The van der Waals surface area contributed by atoms with E-state index in [-0.39, 0.29) is 0 Å². The second-order valence-electron chi connectivity index (χ2n) is 2.76. The maximum absolute atomic E-state index is 5.31. The van der Waals surface area contributed by atoms with Crippen molar-refractivity contribution in [1.29, 1.82) is 0 Å². The number of nitrogens with one attached hydrogen (secondary N) is 1. The van der Waals surface area contributed by atoms with Gasteiger partial charge in [-0.25, -0.2) is 0 Å². The van der Waals surface area contributed by atoms with Gasteiger partial charge in [0.05, 0.1) is 6.73 Å². The van der Waals surface area contributed by atoms with Crippen LogP contribution < -0.4 is 5.32 Å². The van der Waals surface area contributed by atoms with Crippen molar-refractivity contribution in [2.75, 3.05) is 19.9 Å². The largest absolute Gasteiger partial charge is 0.366 e. The Balaban J connectivity index is 2.69. The normalized spacial score (nSPS) is 10.4. The highest BCUT2D eigenvalue weighted by atomic mass is 16.5. The van der Waals surface area contributed by atoms with Crippen LogP contribution in [0, 0.1) is 0 Å². The molecule has 0 aliphatic rings. The van der Waals surface area contributed by atoms with E-state index in [9.17, 15) is 0 Å². The van der Waals surface area contributed by atoms with Gasteiger partial charge in [-0.2, -0.15) is 0 Å². The Morgan fingerprint density at radius 2 is 1.82 bits per heavy atom. The van der Waals surface area contributed by atoms with Gasteiger partial charge in [0.2, 0.25) is 0 Å². The number of rotatable bonds is 8. The van der Waals surface area contributed by atoms with E-state index in [1.807, 2.05) is 0 Å². The molecule has 0 rings (SSSR count). The molecule has 68 valence electrons. The molecule has 0 radical (unpaired) electrons. The second-order valence-corrected chi connectivity index (χ2v) is 2.76. The van der Waals surface area contributed by atoms with Gasteiger partial charge in [0.1, 0.15) is 0 Å². The first-order valence-corrected chi connectivity index (χ1v) is 4.70. The molecule has 1 N–H and O–H groups in total. The Morgan fingerprint density at radius 3 is 2.45 bits per heavy atom. The van der Waals surface area contributed by atoms with Crippen molar-refractivity contribution >= 4 is 0 Å². The van der Waals surface area contributed by atoms with Gasteiger partial charge in [-0.05, 0) is 19.4 Å². The van der Waals surface area contributed by atoms with Gasteiger partial charge in [0, 0.05) is 6.61 Å². The molecular weight excluding hydrogens is 138 g/mol. The minimum absolute atomic E-state index is 0.722. The van der Waals surface area contributed by atoms with Crippen LogP contribution in [-0.2, 0) is 4.74 Å². The summed E-state index contributed by atoms with van der Waals surface area (Å²) >= 11 is 0. The molecule has 0 amide bonds. The summed E-state index contributed by atoms with van der Waals surface area (Å²) in [6, 6.07) is 0. The Labute approximate surface area is 70.3 Å². The van der Waals surface area contributed by atoms with Crippen molar-refractivity contribution in [3.8, 4) is 0 Å². The van der Waals surface area contributed by atoms with Gasteiger partial charge in [0.15, 0.2) is 0 Å². The molecule has 0 aliphatic carbocycles. The Hall–Kier alpha value is -0.0800. The van der Waals surface area contributed by atoms with Crippen LogP contribution in [0.2, 0.25) is 0 Å². The molecular formula is C9H21NO. The first-order chi connectivity index (χ1) is 5.41. The second kappa shape index (κ2) is 9.92. The highest BCUT2D eigenvalue weighted by molar-refractivity contribution is 4.39. The summed E-state index contributed by atoms with van der Waals surface area (Å²) < 4.78 is 5.31. The van der Waals surface area contributed by atoms with Crippen LogP contribution in [-0.4, -0.2) is 19.9 Å². The minimum Gasteiger partial charge on any atom is -0.366 e. The lowest BCUT2D eigenvalue weighted by atomic mass is 10.3. The predicted octanol–water partition coefficient (Wildman–Crippen LogP) is 2.15. The molecule has 0 aromatic rings. The Bertz CT molecular complexity index is 58.6. The molecule has 0 fully saturated rings. The quantitative estimate of drug-likeness (QED) is 0.433. The Morgan fingerprint density at radius 1 is 1.09 bits per heavy atom. The molecule has 2 nitrogen and oxygen atoms in total. The molecule has 0 saturated heterocycles. The molecule has 11 heavy (non-hydrogen) atoms. The zero-order valence-corrected chi connectivity index (χ0v) is 7.86. The van der Waals surface area contributed by atoms with Crippen LogP contribution >= 0.6 is 0 Å². The first kappa shape index (κ1) is 10.9. The van der Waals surface area contributed by atoms with E-state index in [1.165, 1.54) is 25.7 Å². The van der Waals surface area contributed by atoms with Gasteiger partial charge >= 0.3 is 0 Å². The number of hydrogen-bond acceptors (Lipinski definition) is 2. The summed E-state index contributed by atoms with van der Waals surface area (Å²) in [6.45, 7) is 7.08. The molecule has 0 saturated carbocycles. The SMILES string of the molecule is CCCCNCOCCCC. The van der Waals surface area contributed by atoms with Crippen LogP contribution in [0.1, 0.15) is 39.5 Å². The van der Waals surface area contributed by atoms with E-state index >= 15 is 0 Å². The molecule has 0 aromatic heterocycles. The predicted molar refractivity (Wildman–Crippen MR) is 48.6 cm³/mol. The summed E-state index contributed by atoms with van der Waals surface area (Å²) in [5.41, 5.74) is 0. The van der Waals surface area contributed by atoms with Gasteiger partial charge in [-0.15, -0.1) is 0 Å². The standard InChI is InChI=1S/C9H21NO/c1-3-5-7-10-9-11-8-6-4-2/h10H,3-9H2,1-2H3.